The summed E-state index contributed by atoms with van der Waals surface area (Å²) in [6, 6.07) is 0.353. The van der Waals surface area contributed by atoms with E-state index in [1.165, 1.54) is 6.42 Å². The average molecular weight is 210 g/mol. The molecule has 0 spiro atoms. The first-order valence-electron chi connectivity index (χ1n) is 5.56. The van der Waals surface area contributed by atoms with Gasteiger partial charge in [-0.25, -0.2) is 0 Å². The number of nitrogens with one attached hydrogen (secondary N) is 2. The van der Waals surface area contributed by atoms with Gasteiger partial charge in [0.05, 0.1) is 5.84 Å². The second kappa shape index (κ2) is 4.51. The molecule has 0 aromatic heterocycles. The van der Waals surface area contributed by atoms with Crippen LogP contribution in [0.15, 0.2) is 5.16 Å². The molecule has 2 rings (SSSR count). The van der Waals surface area contributed by atoms with Crippen molar-refractivity contribution in [2.45, 2.75) is 50.7 Å². The van der Waals surface area contributed by atoms with Crippen molar-refractivity contribution in [3.63, 3.8) is 0 Å². The molecule has 4 N–H and O–H groups in total. The van der Waals surface area contributed by atoms with E-state index in [0.717, 1.165) is 32.1 Å². The molecule has 5 nitrogen and oxygen atoms in total. The van der Waals surface area contributed by atoms with Gasteiger partial charge in [-0.3, -0.25) is 5.41 Å². The fourth-order valence-electron chi connectivity index (χ4n) is 2.15. The van der Waals surface area contributed by atoms with E-state index < -0.39 is 0 Å². The van der Waals surface area contributed by atoms with Crippen LogP contribution in [0.25, 0.3) is 0 Å². The van der Waals surface area contributed by atoms with Crippen molar-refractivity contribution in [2.75, 3.05) is 0 Å². The first-order valence-corrected chi connectivity index (χ1v) is 5.56. The normalized spacial score (nSPS) is 31.5. The second-order valence-corrected chi connectivity index (χ2v) is 4.32. The first-order chi connectivity index (χ1) is 7.24. The lowest BCUT2D eigenvalue weighted by Gasteiger charge is -2.19. The number of nitrogens with zero attached hydrogens (tertiary/aromatic N) is 1. The van der Waals surface area contributed by atoms with Gasteiger partial charge in [0, 0.05) is 25.3 Å². The third-order valence-corrected chi connectivity index (χ3v) is 2.91. The van der Waals surface area contributed by atoms with Crippen LogP contribution in [0.2, 0.25) is 0 Å². The Bertz CT molecular complexity index is 277. The van der Waals surface area contributed by atoms with Gasteiger partial charge in [-0.15, -0.1) is 0 Å². The van der Waals surface area contributed by atoms with Crippen molar-refractivity contribution in [3.05, 3.63) is 0 Å². The molecule has 84 valence electrons. The van der Waals surface area contributed by atoms with E-state index >= 15 is 0 Å². The average Bonchev–Trinajstić information content (AvgIpc) is 2.46. The minimum Gasteiger partial charge on any atom is -0.391 e. The van der Waals surface area contributed by atoms with E-state index in [4.69, 9.17) is 16.0 Å². The third kappa shape index (κ3) is 2.84. The summed E-state index contributed by atoms with van der Waals surface area (Å²) in [4.78, 5) is 5.20. The lowest BCUT2D eigenvalue weighted by molar-refractivity contribution is 0.0716. The van der Waals surface area contributed by atoms with Gasteiger partial charge in [0.15, 0.2) is 0 Å². The fraction of sp³-hybridized carbons (Fsp3) is 0.800. The topological polar surface area (TPSA) is 83.5 Å². The van der Waals surface area contributed by atoms with Crippen LogP contribution in [0.4, 0.5) is 0 Å². The zero-order valence-corrected chi connectivity index (χ0v) is 8.83. The van der Waals surface area contributed by atoms with E-state index in [2.05, 4.69) is 10.5 Å². The first kappa shape index (κ1) is 10.3. The smallest absolute Gasteiger partial charge is 0.143 e. The van der Waals surface area contributed by atoms with Crippen molar-refractivity contribution in [1.82, 2.24) is 5.32 Å². The van der Waals surface area contributed by atoms with Crippen LogP contribution in [0, 0.1) is 5.41 Å². The highest BCUT2D eigenvalue weighted by atomic mass is 16.6. The Balaban J connectivity index is 1.80. The van der Waals surface area contributed by atoms with Gasteiger partial charge in [-0.05, 0) is 12.8 Å². The second-order valence-electron chi connectivity index (χ2n) is 4.32. The fourth-order valence-corrected chi connectivity index (χ4v) is 2.15. The zero-order chi connectivity index (χ0) is 10.7. The molecular formula is C10H18N4O. The van der Waals surface area contributed by atoms with Crippen molar-refractivity contribution in [2.24, 2.45) is 10.9 Å². The van der Waals surface area contributed by atoms with Crippen molar-refractivity contribution < 1.29 is 4.84 Å². The molecule has 2 atom stereocenters. The van der Waals surface area contributed by atoms with E-state index in [-0.39, 0.29) is 6.10 Å². The van der Waals surface area contributed by atoms with E-state index in [0.29, 0.717) is 17.7 Å². The molecule has 2 aliphatic rings. The minimum absolute atomic E-state index is 0.105. The molecule has 2 aliphatic heterocycles. The Morgan fingerprint density at radius 2 is 2.40 bits per heavy atom. The van der Waals surface area contributed by atoms with Gasteiger partial charge in [-0.2, -0.15) is 0 Å². The zero-order valence-electron chi connectivity index (χ0n) is 8.83. The summed E-state index contributed by atoms with van der Waals surface area (Å²) in [5.41, 5.74) is 5.55. The summed E-state index contributed by atoms with van der Waals surface area (Å²) < 4.78 is 0. The van der Waals surface area contributed by atoms with E-state index in [1.807, 2.05) is 0 Å². The Labute approximate surface area is 89.6 Å². The van der Waals surface area contributed by atoms with Crippen molar-refractivity contribution in [3.8, 4) is 0 Å². The summed E-state index contributed by atoms with van der Waals surface area (Å²) in [6.45, 7) is 0. The highest BCUT2D eigenvalue weighted by Gasteiger charge is 2.24. The number of rotatable bonds is 2. The molecule has 2 heterocycles. The predicted octanol–water partition coefficient (Wildman–Crippen LogP) is 0.947. The Hall–Kier alpha value is -1.26. The molecule has 0 saturated carbocycles. The molecule has 0 radical (unpaired) electrons. The molecule has 0 bridgehead atoms. The molecule has 0 aliphatic carbocycles. The largest absolute Gasteiger partial charge is 0.391 e. The summed E-state index contributed by atoms with van der Waals surface area (Å²) >= 11 is 0. The molecule has 1 fully saturated rings. The van der Waals surface area contributed by atoms with E-state index in [9.17, 15) is 0 Å². The van der Waals surface area contributed by atoms with Crippen LogP contribution in [-0.4, -0.2) is 23.8 Å². The highest BCUT2D eigenvalue weighted by molar-refractivity contribution is 5.81. The number of hydrogen-bond acceptors (Lipinski definition) is 4. The van der Waals surface area contributed by atoms with Gasteiger partial charge in [0.25, 0.3) is 0 Å². The van der Waals surface area contributed by atoms with Crippen LogP contribution < -0.4 is 11.1 Å². The molecule has 2 unspecified atom stereocenters. The molecule has 5 heteroatoms. The van der Waals surface area contributed by atoms with Gasteiger partial charge in [0.1, 0.15) is 11.9 Å². The molecule has 0 aromatic rings. The van der Waals surface area contributed by atoms with Crippen molar-refractivity contribution >= 4 is 11.7 Å². The summed E-state index contributed by atoms with van der Waals surface area (Å²) in [5.74, 6) is 1.24. The maximum absolute atomic E-state index is 7.67. The highest BCUT2D eigenvalue weighted by Crippen LogP contribution is 2.19. The maximum Gasteiger partial charge on any atom is 0.143 e. The predicted molar refractivity (Wildman–Crippen MR) is 58.8 cm³/mol. The Morgan fingerprint density at radius 3 is 3.13 bits per heavy atom. The Kier molecular flexibility index (Phi) is 3.08. The third-order valence-electron chi connectivity index (χ3n) is 2.91. The summed E-state index contributed by atoms with van der Waals surface area (Å²) in [5, 5.41) is 14.6. The molecule has 15 heavy (non-hydrogen) atoms. The number of amidine groups is 2. The van der Waals surface area contributed by atoms with Crippen molar-refractivity contribution in [1.29, 1.82) is 5.41 Å². The summed E-state index contributed by atoms with van der Waals surface area (Å²) in [7, 11) is 0. The van der Waals surface area contributed by atoms with Crippen LogP contribution in [0.3, 0.4) is 0 Å². The SMILES string of the molecule is N=C1CCCCC(CC2CC(N)=NO2)N1. The van der Waals surface area contributed by atoms with Crippen LogP contribution in [-0.2, 0) is 4.84 Å². The lowest BCUT2D eigenvalue weighted by atomic mass is 10.0. The monoisotopic (exact) mass is 210 g/mol. The lowest BCUT2D eigenvalue weighted by Crippen LogP contribution is -2.35. The van der Waals surface area contributed by atoms with Gasteiger partial charge in [-0.1, -0.05) is 11.6 Å². The molecule has 0 amide bonds. The molecule has 0 aromatic carbocycles. The number of oxime groups is 1. The minimum atomic E-state index is 0.105. The van der Waals surface area contributed by atoms with Crippen LogP contribution in [0.1, 0.15) is 38.5 Å². The quantitative estimate of drug-likeness (QED) is 0.634. The number of nitrogens with two attached hydrogens (primary N) is 1. The van der Waals surface area contributed by atoms with Crippen LogP contribution in [0.5, 0.6) is 0 Å². The van der Waals surface area contributed by atoms with Gasteiger partial charge >= 0.3 is 0 Å². The Morgan fingerprint density at radius 1 is 1.53 bits per heavy atom. The van der Waals surface area contributed by atoms with E-state index in [1.54, 1.807) is 0 Å². The molecule has 1 saturated heterocycles. The van der Waals surface area contributed by atoms with Gasteiger partial charge < -0.3 is 15.9 Å². The molecular weight excluding hydrogens is 192 g/mol. The summed E-state index contributed by atoms with van der Waals surface area (Å²) in [6.07, 6.45) is 6.02. The number of hydrogen-bond donors (Lipinski definition) is 3. The maximum atomic E-state index is 7.67. The van der Waals surface area contributed by atoms with Gasteiger partial charge in [0.2, 0.25) is 0 Å². The standard InChI is InChI=1S/C10H18N4O/c11-9-4-2-1-3-7(13-9)5-8-6-10(12)14-15-8/h7-8H,1-6H2,(H2,11,13)(H2,12,14). The van der Waals surface area contributed by atoms with Crippen LogP contribution >= 0.6 is 0 Å².